The molecule has 0 unspecified atom stereocenters. The molecule has 0 aliphatic carbocycles. The van der Waals surface area contributed by atoms with Crippen LogP contribution >= 0.6 is 0 Å². The van der Waals surface area contributed by atoms with E-state index in [0.29, 0.717) is 0 Å². The zero-order valence-electron chi connectivity index (χ0n) is 12.1. The van der Waals surface area contributed by atoms with Gasteiger partial charge in [0, 0.05) is 19.7 Å². The van der Waals surface area contributed by atoms with Crippen molar-refractivity contribution >= 4 is 21.4 Å². The summed E-state index contributed by atoms with van der Waals surface area (Å²) in [6, 6.07) is 3.42. The van der Waals surface area contributed by atoms with E-state index in [9.17, 15) is 18.5 Å². The molecule has 1 rings (SSSR count). The summed E-state index contributed by atoms with van der Waals surface area (Å²) < 4.78 is 31.0. The monoisotopic (exact) mass is 317 g/mol. The quantitative estimate of drug-likeness (QED) is 0.459. The molecule has 0 aromatic heterocycles. The van der Waals surface area contributed by atoms with E-state index in [0.717, 1.165) is 10.4 Å². The third-order valence-electron chi connectivity index (χ3n) is 2.76. The first-order valence-electron chi connectivity index (χ1n) is 6.28. The number of anilines is 1. The van der Waals surface area contributed by atoms with Gasteiger partial charge in [-0.25, -0.2) is 8.42 Å². The summed E-state index contributed by atoms with van der Waals surface area (Å²) in [5.74, 6) is 0. The molecule has 0 aliphatic rings. The van der Waals surface area contributed by atoms with Crippen molar-refractivity contribution in [1.29, 1.82) is 0 Å². The van der Waals surface area contributed by atoms with Gasteiger partial charge in [-0.1, -0.05) is 0 Å². The van der Waals surface area contributed by atoms with Crippen LogP contribution in [-0.4, -0.2) is 43.9 Å². The van der Waals surface area contributed by atoms with Crippen LogP contribution in [0.3, 0.4) is 0 Å². The molecule has 0 saturated heterocycles. The predicted octanol–water partition coefficient (Wildman–Crippen LogP) is 1.22. The minimum Gasteiger partial charge on any atom is -0.393 e. The summed E-state index contributed by atoms with van der Waals surface area (Å²) in [4.78, 5) is 9.93. The van der Waals surface area contributed by atoms with Gasteiger partial charge in [0.05, 0.1) is 22.5 Å². The number of sulfonamides is 1. The first-order valence-corrected chi connectivity index (χ1v) is 7.72. The molecule has 0 bridgehead atoms. The molecule has 0 aliphatic heterocycles. The largest absolute Gasteiger partial charge is 0.393 e. The average molecular weight is 317 g/mol. The number of rotatable bonds is 7. The molecule has 0 heterocycles. The lowest BCUT2D eigenvalue weighted by Gasteiger charge is -2.18. The third kappa shape index (κ3) is 4.38. The molecule has 0 saturated carbocycles. The molecule has 0 spiro atoms. The molecular formula is C12H19N3O5S. The lowest BCUT2D eigenvalue weighted by Crippen LogP contribution is -2.31. The zero-order valence-corrected chi connectivity index (χ0v) is 13.0. The molecule has 2 N–H and O–H groups in total. The van der Waals surface area contributed by atoms with E-state index in [1.54, 1.807) is 0 Å². The molecule has 21 heavy (non-hydrogen) atoms. The highest BCUT2D eigenvalue weighted by Crippen LogP contribution is 2.26. The summed E-state index contributed by atoms with van der Waals surface area (Å²) in [7, 11) is -2.43. The second-order valence-electron chi connectivity index (χ2n) is 4.72. The number of nitrogens with two attached hydrogens (primary N) is 1. The lowest BCUT2D eigenvalue weighted by atomic mass is 10.3. The van der Waals surface area contributed by atoms with Crippen molar-refractivity contribution in [2.75, 3.05) is 25.9 Å². The van der Waals surface area contributed by atoms with Gasteiger partial charge in [0.1, 0.15) is 5.69 Å². The van der Waals surface area contributed by atoms with Crippen LogP contribution in [-0.2, 0) is 14.8 Å². The van der Waals surface area contributed by atoms with E-state index >= 15 is 0 Å². The highest BCUT2D eigenvalue weighted by molar-refractivity contribution is 7.89. The fourth-order valence-electron chi connectivity index (χ4n) is 1.56. The van der Waals surface area contributed by atoms with E-state index < -0.39 is 20.6 Å². The van der Waals surface area contributed by atoms with Crippen molar-refractivity contribution in [2.24, 2.45) is 0 Å². The Morgan fingerprint density at radius 3 is 2.57 bits per heavy atom. The van der Waals surface area contributed by atoms with Crippen molar-refractivity contribution in [3.63, 3.8) is 0 Å². The summed E-state index contributed by atoms with van der Waals surface area (Å²) >= 11 is 0. The fourth-order valence-corrected chi connectivity index (χ4v) is 2.73. The van der Waals surface area contributed by atoms with Crippen LogP contribution in [0.15, 0.2) is 23.1 Å². The van der Waals surface area contributed by atoms with Gasteiger partial charge in [-0.2, -0.15) is 4.31 Å². The van der Waals surface area contributed by atoms with Gasteiger partial charge in [-0.05, 0) is 26.0 Å². The molecule has 0 fully saturated rings. The van der Waals surface area contributed by atoms with Crippen molar-refractivity contribution in [3.05, 3.63) is 28.3 Å². The summed E-state index contributed by atoms with van der Waals surface area (Å²) in [6.45, 7) is 4.08. The highest BCUT2D eigenvalue weighted by Gasteiger charge is 2.24. The number of benzene rings is 1. The number of ether oxygens (including phenoxy) is 1. The SMILES string of the molecule is CC(C)OCCN(C)S(=O)(=O)c1ccc(N)c([N+](=O)[O-])c1. The van der Waals surface area contributed by atoms with Crippen LogP contribution in [0.1, 0.15) is 13.8 Å². The topological polar surface area (TPSA) is 116 Å². The van der Waals surface area contributed by atoms with E-state index in [1.807, 2.05) is 13.8 Å². The minimum atomic E-state index is -3.82. The van der Waals surface area contributed by atoms with E-state index in [1.165, 1.54) is 19.2 Å². The number of nitrogens with zero attached hydrogens (tertiary/aromatic N) is 2. The number of nitro groups is 1. The Balaban J connectivity index is 2.97. The minimum absolute atomic E-state index is 0.00119. The van der Waals surface area contributed by atoms with Crippen LogP contribution in [0.2, 0.25) is 0 Å². The maximum atomic E-state index is 12.3. The van der Waals surface area contributed by atoms with Gasteiger partial charge in [-0.15, -0.1) is 0 Å². The Kier molecular flexibility index (Phi) is 5.64. The Labute approximate surface area is 123 Å². The number of nitro benzene ring substituents is 1. The van der Waals surface area contributed by atoms with Gasteiger partial charge in [-0.3, -0.25) is 10.1 Å². The third-order valence-corrected chi connectivity index (χ3v) is 4.62. The van der Waals surface area contributed by atoms with E-state index in [-0.39, 0.29) is 29.8 Å². The maximum absolute atomic E-state index is 12.3. The summed E-state index contributed by atoms with van der Waals surface area (Å²) in [5, 5.41) is 10.8. The number of hydrogen-bond donors (Lipinski definition) is 1. The van der Waals surface area contributed by atoms with Crippen LogP contribution in [0.25, 0.3) is 0 Å². The normalized spacial score (nSPS) is 12.0. The molecule has 0 amide bonds. The molecule has 8 nitrogen and oxygen atoms in total. The van der Waals surface area contributed by atoms with E-state index in [2.05, 4.69) is 0 Å². The molecular weight excluding hydrogens is 298 g/mol. The first-order chi connectivity index (χ1) is 9.66. The number of likely N-dealkylation sites (N-methyl/N-ethyl adjacent to an activating group) is 1. The highest BCUT2D eigenvalue weighted by atomic mass is 32.2. The Morgan fingerprint density at radius 1 is 1.43 bits per heavy atom. The number of nitrogen functional groups attached to an aromatic ring is 1. The van der Waals surface area contributed by atoms with Gasteiger partial charge in [0.15, 0.2) is 0 Å². The molecule has 0 radical (unpaired) electrons. The van der Waals surface area contributed by atoms with Crippen molar-refractivity contribution in [3.8, 4) is 0 Å². The lowest BCUT2D eigenvalue weighted by molar-refractivity contribution is -0.384. The van der Waals surface area contributed by atoms with Crippen molar-refractivity contribution in [1.82, 2.24) is 4.31 Å². The summed E-state index contributed by atoms with van der Waals surface area (Å²) in [5.41, 5.74) is 4.95. The predicted molar refractivity (Wildman–Crippen MR) is 78.4 cm³/mol. The van der Waals surface area contributed by atoms with Crippen molar-refractivity contribution < 1.29 is 18.1 Å². The maximum Gasteiger partial charge on any atom is 0.293 e. The first kappa shape index (κ1) is 17.3. The van der Waals surface area contributed by atoms with Crippen LogP contribution in [0.4, 0.5) is 11.4 Å². The smallest absolute Gasteiger partial charge is 0.293 e. The van der Waals surface area contributed by atoms with Crippen LogP contribution in [0, 0.1) is 10.1 Å². The Bertz CT molecular complexity index is 615. The zero-order chi connectivity index (χ0) is 16.2. The Hall–Kier alpha value is -1.71. The average Bonchev–Trinajstić information content (AvgIpc) is 2.37. The molecule has 1 aromatic rings. The summed E-state index contributed by atoms with van der Waals surface area (Å²) in [6.07, 6.45) is -0.00119. The fraction of sp³-hybridized carbons (Fsp3) is 0.500. The second kappa shape index (κ2) is 6.83. The molecule has 9 heteroatoms. The number of hydrogen-bond acceptors (Lipinski definition) is 6. The molecule has 1 aromatic carbocycles. The van der Waals surface area contributed by atoms with Gasteiger partial charge >= 0.3 is 0 Å². The van der Waals surface area contributed by atoms with Gasteiger partial charge in [0.2, 0.25) is 10.0 Å². The van der Waals surface area contributed by atoms with Gasteiger partial charge < -0.3 is 10.5 Å². The molecule has 0 atom stereocenters. The van der Waals surface area contributed by atoms with Gasteiger partial charge in [0.25, 0.3) is 5.69 Å². The standard InChI is InChI=1S/C12H19N3O5S/c1-9(2)20-7-6-14(3)21(18,19)10-4-5-11(13)12(8-10)15(16)17/h4-5,8-9H,6-7,13H2,1-3H3. The Morgan fingerprint density at radius 2 is 2.05 bits per heavy atom. The molecule has 118 valence electrons. The second-order valence-corrected chi connectivity index (χ2v) is 6.77. The van der Waals surface area contributed by atoms with E-state index in [4.69, 9.17) is 10.5 Å². The van der Waals surface area contributed by atoms with Crippen LogP contribution in [0.5, 0.6) is 0 Å². The van der Waals surface area contributed by atoms with Crippen molar-refractivity contribution in [2.45, 2.75) is 24.8 Å². The van der Waals surface area contributed by atoms with Crippen LogP contribution < -0.4 is 5.73 Å².